The summed E-state index contributed by atoms with van der Waals surface area (Å²) in [5.74, 6) is 1.89. The van der Waals surface area contributed by atoms with Crippen molar-refractivity contribution in [2.45, 2.75) is 63.8 Å². The number of aliphatic hydroxyl groups is 1. The monoisotopic (exact) mass is 269 g/mol. The van der Waals surface area contributed by atoms with Crippen molar-refractivity contribution < 1.29 is 9.84 Å². The third kappa shape index (κ3) is 5.05. The molecule has 0 aliphatic heterocycles. The van der Waals surface area contributed by atoms with Gasteiger partial charge >= 0.3 is 0 Å². The average Bonchev–Trinajstić information content (AvgIpc) is 2.48. The summed E-state index contributed by atoms with van der Waals surface area (Å²) < 4.78 is 5.34. The van der Waals surface area contributed by atoms with E-state index in [-0.39, 0.29) is 6.61 Å². The second-order valence-electron chi connectivity index (χ2n) is 6.24. The molecule has 0 aromatic rings. The van der Waals surface area contributed by atoms with Gasteiger partial charge in [-0.25, -0.2) is 0 Å². The van der Waals surface area contributed by atoms with Crippen LogP contribution in [0.15, 0.2) is 0 Å². The summed E-state index contributed by atoms with van der Waals surface area (Å²) in [7, 11) is 0. The van der Waals surface area contributed by atoms with E-state index >= 15 is 0 Å². The maximum absolute atomic E-state index is 8.68. The predicted octanol–water partition coefficient (Wildman–Crippen LogP) is 2.72. The highest BCUT2D eigenvalue weighted by Gasteiger charge is 2.31. The van der Waals surface area contributed by atoms with Crippen molar-refractivity contribution in [3.05, 3.63) is 0 Å². The maximum Gasteiger partial charge on any atom is 0.0698 e. The highest BCUT2D eigenvalue weighted by Crippen LogP contribution is 2.38. The summed E-state index contributed by atoms with van der Waals surface area (Å²) in [5.41, 5.74) is 0. The van der Waals surface area contributed by atoms with Gasteiger partial charge < -0.3 is 15.2 Å². The molecule has 0 radical (unpaired) electrons. The molecule has 112 valence electrons. The second-order valence-corrected chi connectivity index (χ2v) is 6.24. The minimum Gasteiger partial charge on any atom is -0.394 e. The van der Waals surface area contributed by atoms with E-state index in [2.05, 4.69) is 5.32 Å². The topological polar surface area (TPSA) is 41.5 Å². The standard InChI is InChI=1S/C16H31NO2/c18-11-13-19-12-10-17-16-9-5-4-8-15(16)14-6-2-1-3-7-14/h14-18H,1-13H2. The summed E-state index contributed by atoms with van der Waals surface area (Å²) in [6, 6.07) is 0.717. The molecule has 2 saturated carbocycles. The third-order valence-electron chi connectivity index (χ3n) is 4.96. The van der Waals surface area contributed by atoms with Crippen molar-refractivity contribution in [1.29, 1.82) is 0 Å². The Hall–Kier alpha value is -0.120. The van der Waals surface area contributed by atoms with Crippen molar-refractivity contribution >= 4 is 0 Å². The number of ether oxygens (including phenoxy) is 1. The molecule has 0 bridgehead atoms. The van der Waals surface area contributed by atoms with E-state index in [1.807, 2.05) is 0 Å². The van der Waals surface area contributed by atoms with Gasteiger partial charge in [-0.15, -0.1) is 0 Å². The number of nitrogens with one attached hydrogen (secondary N) is 1. The van der Waals surface area contributed by atoms with E-state index in [4.69, 9.17) is 9.84 Å². The van der Waals surface area contributed by atoms with Crippen molar-refractivity contribution in [2.24, 2.45) is 11.8 Å². The predicted molar refractivity (Wildman–Crippen MR) is 78.2 cm³/mol. The van der Waals surface area contributed by atoms with Gasteiger partial charge in [0.2, 0.25) is 0 Å². The van der Waals surface area contributed by atoms with Crippen LogP contribution >= 0.6 is 0 Å². The molecule has 0 saturated heterocycles. The molecule has 2 aliphatic rings. The summed E-state index contributed by atoms with van der Waals surface area (Å²) in [5, 5.41) is 12.4. The van der Waals surface area contributed by atoms with Crippen LogP contribution in [-0.2, 0) is 4.74 Å². The Morgan fingerprint density at radius 3 is 2.42 bits per heavy atom. The van der Waals surface area contributed by atoms with E-state index in [1.165, 1.54) is 57.8 Å². The zero-order chi connectivity index (χ0) is 13.3. The van der Waals surface area contributed by atoms with E-state index in [1.54, 1.807) is 0 Å². The number of hydrogen-bond acceptors (Lipinski definition) is 3. The fraction of sp³-hybridized carbons (Fsp3) is 1.00. The Morgan fingerprint density at radius 2 is 1.63 bits per heavy atom. The average molecular weight is 269 g/mol. The smallest absolute Gasteiger partial charge is 0.0698 e. The molecule has 0 aromatic carbocycles. The van der Waals surface area contributed by atoms with Crippen molar-refractivity contribution in [3.8, 4) is 0 Å². The van der Waals surface area contributed by atoms with E-state index < -0.39 is 0 Å². The van der Waals surface area contributed by atoms with Gasteiger partial charge in [0, 0.05) is 12.6 Å². The first-order chi connectivity index (χ1) is 9.42. The first kappa shape index (κ1) is 15.3. The molecule has 2 rings (SSSR count). The normalized spacial score (nSPS) is 29.5. The molecule has 2 unspecified atom stereocenters. The Labute approximate surface area is 118 Å². The van der Waals surface area contributed by atoms with Crippen LogP contribution < -0.4 is 5.32 Å². The van der Waals surface area contributed by atoms with Crippen LogP contribution in [0.4, 0.5) is 0 Å². The van der Waals surface area contributed by atoms with Crippen LogP contribution in [-0.4, -0.2) is 37.5 Å². The van der Waals surface area contributed by atoms with Crippen LogP contribution in [0.3, 0.4) is 0 Å². The molecule has 0 aromatic heterocycles. The van der Waals surface area contributed by atoms with Crippen LogP contribution in [0.2, 0.25) is 0 Å². The fourth-order valence-electron chi connectivity index (χ4n) is 4.02. The Bertz CT molecular complexity index is 229. The molecule has 0 spiro atoms. The van der Waals surface area contributed by atoms with Crippen LogP contribution in [0, 0.1) is 11.8 Å². The largest absolute Gasteiger partial charge is 0.394 e. The van der Waals surface area contributed by atoms with Crippen molar-refractivity contribution in [2.75, 3.05) is 26.4 Å². The van der Waals surface area contributed by atoms with Gasteiger partial charge in [0.1, 0.15) is 0 Å². The number of rotatable bonds is 7. The van der Waals surface area contributed by atoms with Crippen LogP contribution in [0.25, 0.3) is 0 Å². The summed E-state index contributed by atoms with van der Waals surface area (Å²) in [6.07, 6.45) is 12.9. The molecular formula is C16H31NO2. The van der Waals surface area contributed by atoms with Gasteiger partial charge in [-0.1, -0.05) is 44.9 Å². The van der Waals surface area contributed by atoms with E-state index in [0.29, 0.717) is 6.61 Å². The Balaban J connectivity index is 1.72. The quantitative estimate of drug-likeness (QED) is 0.698. The number of aliphatic hydroxyl groups excluding tert-OH is 1. The molecule has 3 heteroatoms. The molecule has 0 amide bonds. The first-order valence-corrected chi connectivity index (χ1v) is 8.34. The lowest BCUT2D eigenvalue weighted by atomic mass is 9.71. The molecule has 2 aliphatic carbocycles. The lowest BCUT2D eigenvalue weighted by Crippen LogP contribution is -2.43. The second kappa shape index (κ2) is 8.93. The highest BCUT2D eigenvalue weighted by molar-refractivity contribution is 4.86. The highest BCUT2D eigenvalue weighted by atomic mass is 16.5. The van der Waals surface area contributed by atoms with Gasteiger partial charge in [-0.05, 0) is 24.7 Å². The van der Waals surface area contributed by atoms with E-state index in [0.717, 1.165) is 31.0 Å². The first-order valence-electron chi connectivity index (χ1n) is 8.34. The molecule has 3 nitrogen and oxygen atoms in total. The van der Waals surface area contributed by atoms with Crippen LogP contribution in [0.1, 0.15) is 57.8 Å². The zero-order valence-corrected chi connectivity index (χ0v) is 12.3. The zero-order valence-electron chi connectivity index (χ0n) is 12.3. The van der Waals surface area contributed by atoms with E-state index in [9.17, 15) is 0 Å². The minimum absolute atomic E-state index is 0.133. The molecular weight excluding hydrogens is 238 g/mol. The van der Waals surface area contributed by atoms with Gasteiger partial charge in [-0.2, -0.15) is 0 Å². The SMILES string of the molecule is OCCOCCNC1CCCCC1C1CCCCC1. The summed E-state index contributed by atoms with van der Waals surface area (Å²) in [6.45, 7) is 2.27. The molecule has 0 heterocycles. The number of hydrogen-bond donors (Lipinski definition) is 2. The molecule has 19 heavy (non-hydrogen) atoms. The van der Waals surface area contributed by atoms with Gasteiger partial charge in [0.25, 0.3) is 0 Å². The Kier molecular flexibility index (Phi) is 7.18. The third-order valence-corrected chi connectivity index (χ3v) is 4.96. The maximum atomic E-state index is 8.68. The lowest BCUT2D eigenvalue weighted by molar-refractivity contribution is 0.0854. The molecule has 2 N–H and O–H groups in total. The lowest BCUT2D eigenvalue weighted by Gasteiger charge is -2.39. The van der Waals surface area contributed by atoms with Crippen molar-refractivity contribution in [1.82, 2.24) is 5.32 Å². The van der Waals surface area contributed by atoms with Gasteiger partial charge in [0.05, 0.1) is 19.8 Å². The fourth-order valence-corrected chi connectivity index (χ4v) is 4.02. The minimum atomic E-state index is 0.133. The van der Waals surface area contributed by atoms with Gasteiger partial charge in [-0.3, -0.25) is 0 Å². The summed E-state index contributed by atoms with van der Waals surface area (Å²) >= 11 is 0. The van der Waals surface area contributed by atoms with Crippen LogP contribution in [0.5, 0.6) is 0 Å². The van der Waals surface area contributed by atoms with Gasteiger partial charge in [0.15, 0.2) is 0 Å². The summed E-state index contributed by atoms with van der Waals surface area (Å²) in [4.78, 5) is 0. The van der Waals surface area contributed by atoms with Crippen molar-refractivity contribution in [3.63, 3.8) is 0 Å². The molecule has 2 atom stereocenters. The Morgan fingerprint density at radius 1 is 0.895 bits per heavy atom. The molecule has 2 fully saturated rings.